The van der Waals surface area contributed by atoms with Gasteiger partial charge >= 0.3 is 0 Å². The van der Waals surface area contributed by atoms with Gasteiger partial charge in [0, 0.05) is 22.0 Å². The number of ether oxygens (including phenoxy) is 1. The molecule has 0 radical (unpaired) electrons. The van der Waals surface area contributed by atoms with Crippen LogP contribution in [0.3, 0.4) is 0 Å². The van der Waals surface area contributed by atoms with E-state index in [4.69, 9.17) is 4.74 Å². The second-order valence-electron chi connectivity index (χ2n) is 4.30. The van der Waals surface area contributed by atoms with Gasteiger partial charge in [-0.25, -0.2) is 0 Å². The van der Waals surface area contributed by atoms with Crippen LogP contribution in [0.1, 0.15) is 34.6 Å². The van der Waals surface area contributed by atoms with Gasteiger partial charge in [0.15, 0.2) is 0 Å². The van der Waals surface area contributed by atoms with Gasteiger partial charge in [0.1, 0.15) is 0 Å². The lowest BCUT2D eigenvalue weighted by atomic mass is 10.2. The van der Waals surface area contributed by atoms with Gasteiger partial charge in [-0.2, -0.15) is 0 Å². The molecule has 0 N–H and O–H groups in total. The van der Waals surface area contributed by atoms with Gasteiger partial charge in [0.2, 0.25) is 0 Å². The summed E-state index contributed by atoms with van der Waals surface area (Å²) in [5.74, 6) is 0. The molecule has 0 atom stereocenters. The number of hydrogen-bond donors (Lipinski definition) is 0. The first-order valence-corrected chi connectivity index (χ1v) is 7.82. The average molecular weight is 190 g/mol. The van der Waals surface area contributed by atoms with Gasteiger partial charge < -0.3 is 4.74 Å². The number of rotatable bonds is 2. The third kappa shape index (κ3) is 12.8. The van der Waals surface area contributed by atoms with Crippen molar-refractivity contribution in [2.45, 2.75) is 52.8 Å². The first kappa shape index (κ1) is 14.7. The molecular formula is C10H26OSi. The summed E-state index contributed by atoms with van der Waals surface area (Å²) in [6.45, 7) is 17.4. The average Bonchev–Trinajstić information content (AvgIpc) is 1.88. The maximum atomic E-state index is 4.83. The quantitative estimate of drug-likeness (QED) is 0.607. The molecular weight excluding hydrogens is 164 g/mol. The van der Waals surface area contributed by atoms with Crippen LogP contribution in [0.15, 0.2) is 0 Å². The molecule has 1 nitrogen and oxygen atoms in total. The summed E-state index contributed by atoms with van der Waals surface area (Å²) in [7, 11) is -0.359. The van der Waals surface area contributed by atoms with E-state index in [0.717, 1.165) is 13.2 Å². The first-order chi connectivity index (χ1) is 5.36. The van der Waals surface area contributed by atoms with Gasteiger partial charge in [-0.3, -0.25) is 0 Å². The van der Waals surface area contributed by atoms with Crippen molar-refractivity contribution < 1.29 is 4.74 Å². The Kier molecular flexibility index (Phi) is 9.56. The highest BCUT2D eigenvalue weighted by Gasteiger charge is 2.15. The molecule has 0 fully saturated rings. The van der Waals surface area contributed by atoms with Crippen molar-refractivity contribution in [2.24, 2.45) is 0 Å². The van der Waals surface area contributed by atoms with Crippen molar-refractivity contribution in [3.63, 3.8) is 0 Å². The molecule has 0 rings (SSSR count). The van der Waals surface area contributed by atoms with Gasteiger partial charge in [-0.15, -0.1) is 0 Å². The summed E-state index contributed by atoms with van der Waals surface area (Å²) in [6, 6.07) is 0. The monoisotopic (exact) mass is 190 g/mol. The molecule has 2 heteroatoms. The Morgan fingerprint density at radius 1 is 1.00 bits per heavy atom. The molecule has 0 unspecified atom stereocenters. The maximum absolute atomic E-state index is 4.83. The van der Waals surface area contributed by atoms with Crippen LogP contribution in [0.4, 0.5) is 0 Å². The van der Waals surface area contributed by atoms with Crippen LogP contribution in [0.5, 0.6) is 0 Å². The summed E-state index contributed by atoms with van der Waals surface area (Å²) in [5, 5.41) is 0.639. The van der Waals surface area contributed by atoms with Crippen molar-refractivity contribution in [1.82, 2.24) is 0 Å². The third-order valence-corrected chi connectivity index (χ3v) is 5.60. The minimum Gasteiger partial charge on any atom is -0.382 e. The third-order valence-electron chi connectivity index (χ3n) is 2.14. The summed E-state index contributed by atoms with van der Waals surface area (Å²) >= 11 is 0. The zero-order valence-corrected chi connectivity index (χ0v) is 11.1. The van der Waals surface area contributed by atoms with Crippen molar-refractivity contribution in [3.8, 4) is 0 Å². The topological polar surface area (TPSA) is 9.23 Å². The Hall–Kier alpha value is 0.177. The van der Waals surface area contributed by atoms with Crippen molar-refractivity contribution in [2.75, 3.05) is 13.2 Å². The predicted octanol–water partition coefficient (Wildman–Crippen LogP) is 3.32. The predicted molar refractivity (Wildman–Crippen MR) is 60.8 cm³/mol. The zero-order chi connectivity index (χ0) is 10.2. The van der Waals surface area contributed by atoms with Crippen LogP contribution < -0.4 is 0 Å². The molecule has 0 saturated carbocycles. The minimum absolute atomic E-state index is 0.359. The van der Waals surface area contributed by atoms with Crippen LogP contribution in [0.2, 0.25) is 18.1 Å². The lowest BCUT2D eigenvalue weighted by molar-refractivity contribution is 0.162. The summed E-state index contributed by atoms with van der Waals surface area (Å²) < 4.78 is 4.83. The van der Waals surface area contributed by atoms with Crippen LogP contribution >= 0.6 is 0 Å². The van der Waals surface area contributed by atoms with Crippen molar-refractivity contribution >= 4 is 8.80 Å². The maximum Gasteiger partial charge on any atom is 0.0437 e. The largest absolute Gasteiger partial charge is 0.382 e. The second kappa shape index (κ2) is 7.81. The molecule has 0 aromatic carbocycles. The molecule has 0 amide bonds. The van der Waals surface area contributed by atoms with E-state index in [1.54, 1.807) is 0 Å². The Labute approximate surface area is 80.1 Å². The lowest BCUT2D eigenvalue weighted by Crippen LogP contribution is -2.16. The van der Waals surface area contributed by atoms with E-state index >= 15 is 0 Å². The van der Waals surface area contributed by atoms with E-state index in [1.807, 2.05) is 13.8 Å². The molecule has 0 aliphatic rings. The lowest BCUT2D eigenvalue weighted by Gasteiger charge is -2.21. The molecule has 0 saturated heterocycles. The van der Waals surface area contributed by atoms with Crippen molar-refractivity contribution in [3.05, 3.63) is 0 Å². The SMILES string of the molecule is CCOCC.C[SiH](C)C(C)(C)C. The minimum atomic E-state index is -0.359. The standard InChI is InChI=1S/C6H16Si.C4H10O/c1-6(2,3)7(4)5;1-3-5-4-2/h7H,1-5H3;3-4H2,1-2H3. The van der Waals surface area contributed by atoms with E-state index in [2.05, 4.69) is 33.9 Å². The molecule has 12 heavy (non-hydrogen) atoms. The fourth-order valence-electron chi connectivity index (χ4n) is 0.204. The Morgan fingerprint density at radius 3 is 1.25 bits per heavy atom. The highest BCUT2D eigenvalue weighted by molar-refractivity contribution is 6.59. The van der Waals surface area contributed by atoms with E-state index < -0.39 is 0 Å². The van der Waals surface area contributed by atoms with E-state index in [0.29, 0.717) is 5.04 Å². The smallest absolute Gasteiger partial charge is 0.0437 e. The van der Waals surface area contributed by atoms with Gasteiger partial charge in [-0.05, 0) is 18.9 Å². The van der Waals surface area contributed by atoms with Gasteiger partial charge in [0.05, 0.1) is 0 Å². The van der Waals surface area contributed by atoms with E-state index in [9.17, 15) is 0 Å². The van der Waals surface area contributed by atoms with Crippen molar-refractivity contribution in [1.29, 1.82) is 0 Å². The molecule has 0 bridgehead atoms. The summed E-state index contributed by atoms with van der Waals surface area (Å²) in [5.41, 5.74) is 0. The van der Waals surface area contributed by atoms with Crippen LogP contribution in [0.25, 0.3) is 0 Å². The Bertz CT molecular complexity index is 82.3. The molecule has 0 aliphatic carbocycles. The van der Waals surface area contributed by atoms with E-state index in [-0.39, 0.29) is 8.80 Å². The number of hydrogen-bond acceptors (Lipinski definition) is 1. The van der Waals surface area contributed by atoms with E-state index in [1.165, 1.54) is 0 Å². The highest BCUT2D eigenvalue weighted by atomic mass is 28.3. The molecule has 0 aromatic rings. The fraction of sp³-hybridized carbons (Fsp3) is 1.00. The fourth-order valence-corrected chi connectivity index (χ4v) is 0.204. The molecule has 0 aromatic heterocycles. The van der Waals surface area contributed by atoms with Gasteiger partial charge in [0.25, 0.3) is 0 Å². The summed E-state index contributed by atoms with van der Waals surface area (Å²) in [6.07, 6.45) is 0. The molecule has 0 heterocycles. The molecule has 0 aliphatic heterocycles. The van der Waals surface area contributed by atoms with Gasteiger partial charge in [-0.1, -0.05) is 33.9 Å². The van der Waals surface area contributed by atoms with Crippen LogP contribution in [0, 0.1) is 0 Å². The second-order valence-corrected chi connectivity index (χ2v) is 8.34. The zero-order valence-electron chi connectivity index (χ0n) is 9.90. The highest BCUT2D eigenvalue weighted by Crippen LogP contribution is 2.25. The molecule has 76 valence electrons. The molecule has 0 spiro atoms. The normalized spacial score (nSPS) is 11.0. The first-order valence-electron chi connectivity index (χ1n) is 4.93. The summed E-state index contributed by atoms with van der Waals surface area (Å²) in [4.78, 5) is 0. The Balaban J connectivity index is 0. The Morgan fingerprint density at radius 2 is 1.25 bits per heavy atom. The van der Waals surface area contributed by atoms with Crippen LogP contribution in [-0.2, 0) is 4.74 Å². The van der Waals surface area contributed by atoms with Crippen LogP contribution in [-0.4, -0.2) is 22.0 Å².